The monoisotopic (exact) mass is 249 g/mol. The maximum Gasteiger partial charge on any atom is 0.323 e. The quantitative estimate of drug-likeness (QED) is 0.532. The van der Waals surface area contributed by atoms with Crippen LogP contribution in [0.25, 0.3) is 0 Å². The van der Waals surface area contributed by atoms with Crippen LogP contribution < -0.4 is 4.72 Å². The van der Waals surface area contributed by atoms with Gasteiger partial charge in [0.25, 0.3) is 0 Å². The minimum absolute atomic E-state index is 0.190. The number of carbonyl (C=O) groups excluding carboxylic acids is 1. The van der Waals surface area contributed by atoms with Crippen LogP contribution in [0.5, 0.6) is 0 Å². The highest BCUT2D eigenvalue weighted by molar-refractivity contribution is 7.89. The molecule has 0 aliphatic carbocycles. The third-order valence-electron chi connectivity index (χ3n) is 1.85. The maximum atomic E-state index is 11.5. The van der Waals surface area contributed by atoms with E-state index in [9.17, 15) is 13.2 Å². The number of rotatable bonds is 7. The number of hydrogen-bond acceptors (Lipinski definition) is 4. The third-order valence-corrected chi connectivity index (χ3v) is 3.17. The SMILES string of the molecule is C=CCS(=O)(=O)NC(CC(C)C)C(=O)OC. The van der Waals surface area contributed by atoms with Crippen LogP contribution in [-0.2, 0) is 19.6 Å². The molecular weight excluding hydrogens is 230 g/mol. The highest BCUT2D eigenvalue weighted by Crippen LogP contribution is 2.07. The summed E-state index contributed by atoms with van der Waals surface area (Å²) >= 11 is 0. The molecule has 5 nitrogen and oxygen atoms in total. The molecule has 94 valence electrons. The van der Waals surface area contributed by atoms with Crippen molar-refractivity contribution in [3.05, 3.63) is 12.7 Å². The van der Waals surface area contributed by atoms with Gasteiger partial charge in [-0.25, -0.2) is 13.1 Å². The lowest BCUT2D eigenvalue weighted by Gasteiger charge is -2.17. The zero-order valence-corrected chi connectivity index (χ0v) is 10.7. The predicted octanol–water partition coefficient (Wildman–Crippen LogP) is 0.679. The van der Waals surface area contributed by atoms with Crippen molar-refractivity contribution >= 4 is 16.0 Å². The number of hydrogen-bond donors (Lipinski definition) is 1. The third kappa shape index (κ3) is 5.87. The van der Waals surface area contributed by atoms with Gasteiger partial charge in [0, 0.05) is 0 Å². The summed E-state index contributed by atoms with van der Waals surface area (Å²) in [6.45, 7) is 7.14. The minimum atomic E-state index is -3.50. The second-order valence-corrected chi connectivity index (χ2v) is 5.69. The first-order chi connectivity index (χ1) is 7.32. The molecule has 0 saturated carbocycles. The fraction of sp³-hybridized carbons (Fsp3) is 0.700. The van der Waals surface area contributed by atoms with Crippen LogP contribution in [0.2, 0.25) is 0 Å². The van der Waals surface area contributed by atoms with E-state index in [4.69, 9.17) is 0 Å². The van der Waals surface area contributed by atoms with Crippen molar-refractivity contribution in [1.29, 1.82) is 0 Å². The average molecular weight is 249 g/mol. The van der Waals surface area contributed by atoms with E-state index in [2.05, 4.69) is 16.0 Å². The van der Waals surface area contributed by atoms with Gasteiger partial charge in [0.1, 0.15) is 6.04 Å². The van der Waals surface area contributed by atoms with Crippen molar-refractivity contribution in [2.24, 2.45) is 5.92 Å². The molecule has 0 aliphatic heterocycles. The second-order valence-electron chi connectivity index (χ2n) is 3.89. The Bertz CT molecular complexity index is 335. The first kappa shape index (κ1) is 15.1. The van der Waals surface area contributed by atoms with E-state index < -0.39 is 22.0 Å². The lowest BCUT2D eigenvalue weighted by molar-refractivity contribution is -0.143. The van der Waals surface area contributed by atoms with Crippen LogP contribution >= 0.6 is 0 Å². The normalized spacial score (nSPS) is 13.5. The molecule has 0 rings (SSSR count). The van der Waals surface area contributed by atoms with Crippen LogP contribution in [0.15, 0.2) is 12.7 Å². The highest BCUT2D eigenvalue weighted by Gasteiger charge is 2.25. The van der Waals surface area contributed by atoms with E-state index in [0.29, 0.717) is 6.42 Å². The summed E-state index contributed by atoms with van der Waals surface area (Å²) in [4.78, 5) is 11.4. The molecule has 0 amide bonds. The molecule has 16 heavy (non-hydrogen) atoms. The Balaban J connectivity index is 4.66. The summed E-state index contributed by atoms with van der Waals surface area (Å²) in [5.74, 6) is -0.588. The molecule has 0 aromatic rings. The van der Waals surface area contributed by atoms with Gasteiger partial charge in [0.2, 0.25) is 10.0 Å². The standard InChI is InChI=1S/C10H19NO4S/c1-5-6-16(13,14)11-9(7-8(2)3)10(12)15-4/h5,8-9,11H,1,6-7H2,2-4H3. The Morgan fingerprint density at radius 2 is 2.06 bits per heavy atom. The summed E-state index contributed by atoms with van der Waals surface area (Å²) in [6.07, 6.45) is 1.68. The van der Waals surface area contributed by atoms with Crippen LogP contribution in [0.4, 0.5) is 0 Å². The van der Waals surface area contributed by atoms with Gasteiger partial charge < -0.3 is 4.74 Å². The molecule has 0 aromatic heterocycles. The molecular formula is C10H19NO4S. The second kappa shape index (κ2) is 6.65. The van der Waals surface area contributed by atoms with E-state index >= 15 is 0 Å². The lowest BCUT2D eigenvalue weighted by atomic mass is 10.1. The van der Waals surface area contributed by atoms with Crippen LogP contribution in [0, 0.1) is 5.92 Å². The molecule has 1 atom stereocenters. The van der Waals surface area contributed by atoms with Crippen molar-refractivity contribution in [2.45, 2.75) is 26.3 Å². The first-order valence-corrected chi connectivity index (χ1v) is 6.66. The van der Waals surface area contributed by atoms with Crippen LogP contribution in [0.1, 0.15) is 20.3 Å². The van der Waals surface area contributed by atoms with E-state index in [0.717, 1.165) is 0 Å². The smallest absolute Gasteiger partial charge is 0.323 e. The average Bonchev–Trinajstić information content (AvgIpc) is 2.14. The fourth-order valence-electron chi connectivity index (χ4n) is 1.23. The number of methoxy groups -OCH3 is 1. The van der Waals surface area contributed by atoms with Crippen molar-refractivity contribution in [1.82, 2.24) is 4.72 Å². The largest absolute Gasteiger partial charge is 0.468 e. The predicted molar refractivity (Wildman–Crippen MR) is 62.4 cm³/mol. The Hall–Kier alpha value is -0.880. The van der Waals surface area contributed by atoms with E-state index in [1.807, 2.05) is 13.8 Å². The number of nitrogens with one attached hydrogen (secondary N) is 1. The molecule has 0 aromatic carbocycles. The summed E-state index contributed by atoms with van der Waals surface area (Å²) in [5.41, 5.74) is 0. The van der Waals surface area contributed by atoms with Gasteiger partial charge in [-0.05, 0) is 12.3 Å². The maximum absolute atomic E-state index is 11.5. The molecule has 0 fully saturated rings. The van der Waals surface area contributed by atoms with E-state index in [1.165, 1.54) is 13.2 Å². The van der Waals surface area contributed by atoms with Gasteiger partial charge >= 0.3 is 5.97 Å². The summed E-state index contributed by atoms with van der Waals surface area (Å²) in [6, 6.07) is -0.824. The molecule has 0 spiro atoms. The van der Waals surface area contributed by atoms with Crippen molar-refractivity contribution in [2.75, 3.05) is 12.9 Å². The molecule has 0 aliphatic rings. The van der Waals surface area contributed by atoms with Crippen LogP contribution in [0.3, 0.4) is 0 Å². The summed E-state index contributed by atoms with van der Waals surface area (Å²) in [5, 5.41) is 0. The number of ether oxygens (including phenoxy) is 1. The zero-order chi connectivity index (χ0) is 12.8. The number of esters is 1. The first-order valence-electron chi connectivity index (χ1n) is 5.01. The van der Waals surface area contributed by atoms with Gasteiger partial charge in [-0.2, -0.15) is 0 Å². The van der Waals surface area contributed by atoms with Gasteiger partial charge in [-0.1, -0.05) is 19.9 Å². The zero-order valence-electron chi connectivity index (χ0n) is 9.89. The lowest BCUT2D eigenvalue weighted by Crippen LogP contribution is -2.43. The van der Waals surface area contributed by atoms with Crippen molar-refractivity contribution < 1.29 is 17.9 Å². The van der Waals surface area contributed by atoms with Gasteiger partial charge in [0.15, 0.2) is 0 Å². The Morgan fingerprint density at radius 3 is 2.44 bits per heavy atom. The Morgan fingerprint density at radius 1 is 1.50 bits per heavy atom. The van der Waals surface area contributed by atoms with Crippen molar-refractivity contribution in [3.8, 4) is 0 Å². The van der Waals surface area contributed by atoms with Crippen molar-refractivity contribution in [3.63, 3.8) is 0 Å². The molecule has 6 heteroatoms. The molecule has 0 heterocycles. The summed E-state index contributed by atoms with van der Waals surface area (Å²) < 4.78 is 29.8. The summed E-state index contributed by atoms with van der Waals surface area (Å²) in [7, 11) is -2.27. The highest BCUT2D eigenvalue weighted by atomic mass is 32.2. The molecule has 0 bridgehead atoms. The molecule has 1 N–H and O–H groups in total. The molecule has 1 unspecified atom stereocenters. The Labute approximate surface area is 96.9 Å². The van der Waals surface area contributed by atoms with Gasteiger partial charge in [0.05, 0.1) is 12.9 Å². The molecule has 0 saturated heterocycles. The van der Waals surface area contributed by atoms with Crippen LogP contribution in [-0.4, -0.2) is 33.3 Å². The minimum Gasteiger partial charge on any atom is -0.468 e. The Kier molecular flexibility index (Phi) is 6.28. The fourth-order valence-corrected chi connectivity index (χ4v) is 2.26. The topological polar surface area (TPSA) is 72.5 Å². The number of carbonyl (C=O) groups is 1. The molecule has 0 radical (unpaired) electrons. The van der Waals surface area contributed by atoms with E-state index in [-0.39, 0.29) is 11.7 Å². The van der Waals surface area contributed by atoms with E-state index in [1.54, 1.807) is 0 Å². The van der Waals surface area contributed by atoms with Gasteiger partial charge in [-0.3, -0.25) is 4.79 Å². The number of sulfonamides is 1. The van der Waals surface area contributed by atoms with Gasteiger partial charge in [-0.15, -0.1) is 6.58 Å².